The molecule has 1 fully saturated rings. The first-order valence-electron chi connectivity index (χ1n) is 4.56. The topological polar surface area (TPSA) is 46.2 Å². The van der Waals surface area contributed by atoms with Crippen molar-refractivity contribution < 1.29 is 22.8 Å². The number of hydrogen-bond acceptors (Lipinski definition) is 5. The zero-order valence-corrected chi connectivity index (χ0v) is 10.2. The first kappa shape index (κ1) is 12.1. The third kappa shape index (κ3) is 2.15. The lowest BCUT2D eigenvalue weighted by atomic mass is 10.3. The summed E-state index contributed by atoms with van der Waals surface area (Å²) in [5, 5.41) is 0. The molecule has 84 valence electrons. The molecule has 1 aliphatic rings. The summed E-state index contributed by atoms with van der Waals surface area (Å²) in [6.45, 7) is 0. The second kappa shape index (κ2) is 4.69. The van der Waals surface area contributed by atoms with Gasteiger partial charge in [0.1, 0.15) is 0 Å². The quantitative estimate of drug-likeness (QED) is 0.524. The molecular formula is C8H18O5Si. The van der Waals surface area contributed by atoms with E-state index in [4.69, 9.17) is 22.8 Å². The summed E-state index contributed by atoms with van der Waals surface area (Å²) in [6.07, 6.45) is 1.61. The van der Waals surface area contributed by atoms with Gasteiger partial charge in [-0.25, -0.2) is 0 Å². The fourth-order valence-corrected chi connectivity index (χ4v) is 3.80. The summed E-state index contributed by atoms with van der Waals surface area (Å²) in [5.41, 5.74) is 0. The normalized spacial score (nSPS) is 24.9. The lowest BCUT2D eigenvalue weighted by molar-refractivity contribution is -0.347. The molecule has 1 heterocycles. The molecule has 0 atom stereocenters. The third-order valence-electron chi connectivity index (χ3n) is 2.52. The van der Waals surface area contributed by atoms with E-state index >= 15 is 0 Å². The molecule has 0 amide bonds. The van der Waals surface area contributed by atoms with Crippen LogP contribution in [0.25, 0.3) is 0 Å². The minimum Gasteiger partial charge on any atom is -0.377 e. The van der Waals surface area contributed by atoms with E-state index in [1.807, 2.05) is 0 Å². The fraction of sp³-hybridized carbons (Fsp3) is 1.00. The predicted octanol–water partition coefficient (Wildman–Crippen LogP) is 0.975. The van der Waals surface area contributed by atoms with Crippen molar-refractivity contribution in [3.05, 3.63) is 0 Å². The van der Waals surface area contributed by atoms with Crippen LogP contribution in [0.3, 0.4) is 0 Å². The van der Waals surface area contributed by atoms with Gasteiger partial charge in [0.25, 0.3) is 5.97 Å². The second-order valence-electron chi connectivity index (χ2n) is 3.14. The molecule has 1 saturated heterocycles. The first-order valence-corrected chi connectivity index (χ1v) is 6.50. The van der Waals surface area contributed by atoms with Crippen LogP contribution >= 0.6 is 0 Å². The molecule has 5 nitrogen and oxygen atoms in total. The molecule has 1 rings (SSSR count). The van der Waals surface area contributed by atoms with E-state index in [1.54, 1.807) is 28.4 Å². The van der Waals surface area contributed by atoms with Crippen molar-refractivity contribution in [2.24, 2.45) is 0 Å². The molecule has 6 heteroatoms. The van der Waals surface area contributed by atoms with Crippen molar-refractivity contribution in [1.29, 1.82) is 0 Å². The first-order chi connectivity index (χ1) is 6.66. The van der Waals surface area contributed by atoms with Gasteiger partial charge < -0.3 is 22.8 Å². The van der Waals surface area contributed by atoms with Crippen molar-refractivity contribution in [3.8, 4) is 0 Å². The molecule has 14 heavy (non-hydrogen) atoms. The number of rotatable bonds is 4. The zero-order chi connectivity index (χ0) is 10.7. The summed E-state index contributed by atoms with van der Waals surface area (Å²) in [5.74, 6) is -0.990. The molecule has 0 aromatic carbocycles. The van der Waals surface area contributed by atoms with E-state index in [0.29, 0.717) is 6.42 Å². The van der Waals surface area contributed by atoms with Crippen LogP contribution < -0.4 is 0 Å². The van der Waals surface area contributed by atoms with E-state index in [-0.39, 0.29) is 0 Å². The van der Waals surface area contributed by atoms with Crippen LogP contribution in [-0.4, -0.2) is 43.2 Å². The summed E-state index contributed by atoms with van der Waals surface area (Å²) >= 11 is 0. The van der Waals surface area contributed by atoms with Crippen molar-refractivity contribution in [3.63, 3.8) is 0 Å². The summed E-state index contributed by atoms with van der Waals surface area (Å²) in [7, 11) is 3.74. The second-order valence-corrected chi connectivity index (χ2v) is 6.02. The Morgan fingerprint density at radius 2 is 1.64 bits per heavy atom. The van der Waals surface area contributed by atoms with Crippen LogP contribution in [0.1, 0.15) is 12.8 Å². The molecule has 0 spiro atoms. The lowest BCUT2D eigenvalue weighted by Crippen LogP contribution is -2.56. The minimum atomic E-state index is -2.56. The number of hydrogen-bond donors (Lipinski definition) is 0. The van der Waals surface area contributed by atoms with Gasteiger partial charge >= 0.3 is 8.80 Å². The van der Waals surface area contributed by atoms with Crippen molar-refractivity contribution in [2.45, 2.75) is 24.9 Å². The van der Waals surface area contributed by atoms with Crippen molar-refractivity contribution in [2.75, 3.05) is 28.4 Å². The SMILES string of the molecule is COC1(OC)CCC[Si](OC)(OC)O1. The highest BCUT2D eigenvalue weighted by Gasteiger charge is 2.52. The molecule has 0 unspecified atom stereocenters. The zero-order valence-electron chi connectivity index (χ0n) is 9.16. The minimum absolute atomic E-state index is 0.696. The molecular weight excluding hydrogens is 204 g/mol. The number of methoxy groups -OCH3 is 2. The Labute approximate surface area is 85.6 Å². The Bertz CT molecular complexity index is 161. The summed E-state index contributed by atoms with van der Waals surface area (Å²) in [6, 6.07) is 0.800. The van der Waals surface area contributed by atoms with Crippen LogP contribution in [0.15, 0.2) is 0 Å². The van der Waals surface area contributed by atoms with Gasteiger partial charge in [0.2, 0.25) is 0 Å². The van der Waals surface area contributed by atoms with Gasteiger partial charge in [-0.3, -0.25) is 0 Å². The highest BCUT2D eigenvalue weighted by Crippen LogP contribution is 2.35. The third-order valence-corrected chi connectivity index (χ3v) is 5.35. The van der Waals surface area contributed by atoms with Gasteiger partial charge in [-0.1, -0.05) is 0 Å². The van der Waals surface area contributed by atoms with Gasteiger partial charge in [0, 0.05) is 40.9 Å². The van der Waals surface area contributed by atoms with Gasteiger partial charge in [-0.05, 0) is 6.42 Å². The van der Waals surface area contributed by atoms with Crippen LogP contribution in [0.4, 0.5) is 0 Å². The van der Waals surface area contributed by atoms with Gasteiger partial charge in [0.05, 0.1) is 0 Å². The molecule has 0 radical (unpaired) electrons. The average Bonchev–Trinajstić information content (AvgIpc) is 2.29. The van der Waals surface area contributed by atoms with Gasteiger partial charge in [0.15, 0.2) is 0 Å². The smallest absolute Gasteiger partial charge is 0.377 e. The van der Waals surface area contributed by atoms with Crippen LogP contribution in [0, 0.1) is 0 Å². The molecule has 0 aromatic rings. The van der Waals surface area contributed by atoms with Crippen LogP contribution in [0.2, 0.25) is 6.04 Å². The standard InChI is InChI=1S/C8H18O5Si/c1-9-8(10-2)6-5-7-14(11-3,12-4)13-8/h5-7H2,1-4H3. The molecule has 0 N–H and O–H groups in total. The lowest BCUT2D eigenvalue weighted by Gasteiger charge is -2.41. The van der Waals surface area contributed by atoms with E-state index in [9.17, 15) is 0 Å². The molecule has 0 bridgehead atoms. The molecule has 1 aliphatic heterocycles. The van der Waals surface area contributed by atoms with Crippen molar-refractivity contribution >= 4 is 8.80 Å². The largest absolute Gasteiger partial charge is 0.504 e. The maximum atomic E-state index is 5.71. The summed E-state index contributed by atoms with van der Waals surface area (Å²) in [4.78, 5) is 0. The van der Waals surface area contributed by atoms with Crippen LogP contribution in [-0.2, 0) is 22.8 Å². The Morgan fingerprint density at radius 1 is 1.07 bits per heavy atom. The predicted molar refractivity (Wildman–Crippen MR) is 51.6 cm³/mol. The Morgan fingerprint density at radius 3 is 2.07 bits per heavy atom. The van der Waals surface area contributed by atoms with Gasteiger partial charge in [-0.15, -0.1) is 0 Å². The fourth-order valence-electron chi connectivity index (χ4n) is 1.60. The maximum absolute atomic E-state index is 5.71. The summed E-state index contributed by atoms with van der Waals surface area (Å²) < 4.78 is 26.8. The molecule has 0 aromatic heterocycles. The average molecular weight is 222 g/mol. The monoisotopic (exact) mass is 222 g/mol. The Kier molecular flexibility index (Phi) is 4.05. The maximum Gasteiger partial charge on any atom is 0.504 e. The Hall–Kier alpha value is 0.0169. The van der Waals surface area contributed by atoms with Gasteiger partial charge in [-0.2, -0.15) is 0 Å². The Balaban J connectivity index is 2.75. The highest BCUT2D eigenvalue weighted by molar-refractivity contribution is 6.60. The van der Waals surface area contributed by atoms with E-state index in [2.05, 4.69) is 0 Å². The molecule has 0 aliphatic carbocycles. The highest BCUT2D eigenvalue weighted by atomic mass is 28.4. The van der Waals surface area contributed by atoms with E-state index in [0.717, 1.165) is 12.5 Å². The van der Waals surface area contributed by atoms with E-state index in [1.165, 1.54) is 0 Å². The molecule has 0 saturated carbocycles. The number of ether oxygens (including phenoxy) is 2. The van der Waals surface area contributed by atoms with E-state index < -0.39 is 14.8 Å². The van der Waals surface area contributed by atoms with Crippen molar-refractivity contribution in [1.82, 2.24) is 0 Å². The van der Waals surface area contributed by atoms with Crippen LogP contribution in [0.5, 0.6) is 0 Å².